The largest absolute Gasteiger partial charge is 0.384 e. The van der Waals surface area contributed by atoms with Crippen LogP contribution in [-0.4, -0.2) is 40.4 Å². The Labute approximate surface area is 114 Å². The molecule has 0 spiro atoms. The van der Waals surface area contributed by atoms with Crippen LogP contribution in [0.1, 0.15) is 12.8 Å². The normalized spacial score (nSPS) is 18.3. The van der Waals surface area contributed by atoms with Crippen LogP contribution in [0.4, 0.5) is 10.1 Å². The highest BCUT2D eigenvalue weighted by atomic mass is 19.1. The summed E-state index contributed by atoms with van der Waals surface area (Å²) in [7, 11) is 3.70. The molecule has 106 valence electrons. The molecule has 1 aromatic carbocycles. The van der Waals surface area contributed by atoms with E-state index < -0.39 is 0 Å². The van der Waals surface area contributed by atoms with Crippen molar-refractivity contribution in [1.29, 1.82) is 0 Å². The molecule has 0 radical (unpaired) electrons. The summed E-state index contributed by atoms with van der Waals surface area (Å²) in [5.74, 6) is -0.161. The lowest BCUT2D eigenvalue weighted by atomic mass is 9.79. The van der Waals surface area contributed by atoms with Gasteiger partial charge in [0.25, 0.3) is 0 Å². The minimum Gasteiger partial charge on any atom is -0.384 e. The number of nitrogens with zero attached hydrogens (tertiary/aromatic N) is 1. The summed E-state index contributed by atoms with van der Waals surface area (Å²) in [6.07, 6.45) is 2.14. The van der Waals surface area contributed by atoms with Gasteiger partial charge in [-0.3, -0.25) is 0 Å². The van der Waals surface area contributed by atoms with Gasteiger partial charge in [0.2, 0.25) is 0 Å². The Morgan fingerprint density at radius 3 is 2.63 bits per heavy atom. The Bertz CT molecular complexity index is 399. The molecular weight excluding hydrogens is 243 g/mol. The van der Waals surface area contributed by atoms with Gasteiger partial charge in [0.15, 0.2) is 0 Å². The zero-order valence-corrected chi connectivity index (χ0v) is 11.8. The predicted octanol–water partition coefficient (Wildman–Crippen LogP) is 2.28. The smallest absolute Gasteiger partial charge is 0.146 e. The van der Waals surface area contributed by atoms with Gasteiger partial charge in [-0.1, -0.05) is 12.1 Å². The van der Waals surface area contributed by atoms with E-state index in [9.17, 15) is 4.39 Å². The summed E-state index contributed by atoms with van der Waals surface area (Å²) in [6.45, 7) is 3.57. The molecule has 19 heavy (non-hydrogen) atoms. The molecule has 2 rings (SSSR count). The molecule has 3 nitrogen and oxygen atoms in total. The van der Waals surface area contributed by atoms with Gasteiger partial charge in [0.05, 0.1) is 12.3 Å². The van der Waals surface area contributed by atoms with Gasteiger partial charge in [0.1, 0.15) is 5.82 Å². The molecule has 0 aliphatic carbocycles. The lowest BCUT2D eigenvalue weighted by molar-refractivity contribution is 0.0595. The van der Waals surface area contributed by atoms with E-state index in [1.807, 2.05) is 24.1 Å². The first-order valence-electron chi connectivity index (χ1n) is 6.82. The molecule has 0 bridgehead atoms. The number of nitrogens with one attached hydrogen (secondary N) is 1. The minimum absolute atomic E-state index is 0.122. The third kappa shape index (κ3) is 3.45. The molecule has 0 aromatic heterocycles. The van der Waals surface area contributed by atoms with Crippen molar-refractivity contribution < 1.29 is 9.13 Å². The number of rotatable bonds is 5. The van der Waals surface area contributed by atoms with Crippen LogP contribution >= 0.6 is 0 Å². The van der Waals surface area contributed by atoms with Crippen molar-refractivity contribution in [2.75, 3.05) is 45.3 Å². The van der Waals surface area contributed by atoms with Gasteiger partial charge < -0.3 is 15.0 Å². The van der Waals surface area contributed by atoms with Crippen LogP contribution in [0.3, 0.4) is 0 Å². The number of piperidine rings is 1. The van der Waals surface area contributed by atoms with E-state index in [2.05, 4.69) is 5.32 Å². The van der Waals surface area contributed by atoms with E-state index >= 15 is 0 Å². The fraction of sp³-hybridized carbons (Fsp3) is 0.600. The van der Waals surface area contributed by atoms with Crippen LogP contribution in [0.25, 0.3) is 0 Å². The van der Waals surface area contributed by atoms with Crippen molar-refractivity contribution in [3.63, 3.8) is 0 Å². The summed E-state index contributed by atoms with van der Waals surface area (Å²) in [4.78, 5) is 2.01. The lowest BCUT2D eigenvalue weighted by Crippen LogP contribution is -2.46. The summed E-state index contributed by atoms with van der Waals surface area (Å²) in [5, 5.41) is 3.37. The fourth-order valence-electron chi connectivity index (χ4n) is 2.96. The van der Waals surface area contributed by atoms with E-state index in [-0.39, 0.29) is 11.2 Å². The SMILES string of the molecule is COCC1(CN(C)c2ccccc2F)CCNCC1. The number of hydrogen-bond acceptors (Lipinski definition) is 3. The standard InChI is InChI=1S/C15H23FN2O/c1-18(14-6-4-3-5-13(14)16)11-15(12-19-2)7-9-17-10-8-15/h3-6,17H,7-12H2,1-2H3. The average Bonchev–Trinajstić information content (AvgIpc) is 2.40. The van der Waals surface area contributed by atoms with Crippen LogP contribution < -0.4 is 10.2 Å². The third-order valence-electron chi connectivity index (χ3n) is 3.95. The fourth-order valence-corrected chi connectivity index (χ4v) is 2.96. The highest BCUT2D eigenvalue weighted by molar-refractivity contribution is 5.47. The van der Waals surface area contributed by atoms with Crippen LogP contribution in [-0.2, 0) is 4.74 Å². The van der Waals surface area contributed by atoms with Crippen molar-refractivity contribution >= 4 is 5.69 Å². The minimum atomic E-state index is -0.161. The number of halogens is 1. The maximum absolute atomic E-state index is 13.8. The summed E-state index contributed by atoms with van der Waals surface area (Å²) in [6, 6.07) is 6.94. The van der Waals surface area contributed by atoms with E-state index in [4.69, 9.17) is 4.74 Å². The van der Waals surface area contributed by atoms with Crippen molar-refractivity contribution in [1.82, 2.24) is 5.32 Å². The molecule has 1 aliphatic rings. The number of para-hydroxylation sites is 1. The van der Waals surface area contributed by atoms with Crippen LogP contribution in [0.5, 0.6) is 0 Å². The monoisotopic (exact) mass is 266 g/mol. The molecule has 4 heteroatoms. The maximum Gasteiger partial charge on any atom is 0.146 e. The average molecular weight is 266 g/mol. The summed E-state index contributed by atoms with van der Waals surface area (Å²) >= 11 is 0. The van der Waals surface area contributed by atoms with Gasteiger partial charge in [-0.15, -0.1) is 0 Å². The van der Waals surface area contributed by atoms with E-state index in [0.717, 1.165) is 39.1 Å². The molecular formula is C15H23FN2O. The predicted molar refractivity (Wildman–Crippen MR) is 76.1 cm³/mol. The first-order valence-corrected chi connectivity index (χ1v) is 6.82. The summed E-state index contributed by atoms with van der Waals surface area (Å²) in [5.41, 5.74) is 0.785. The number of methoxy groups -OCH3 is 1. The first-order chi connectivity index (χ1) is 9.17. The molecule has 0 unspecified atom stereocenters. The van der Waals surface area contributed by atoms with Crippen molar-refractivity contribution in [3.05, 3.63) is 30.1 Å². The quantitative estimate of drug-likeness (QED) is 0.885. The van der Waals surface area contributed by atoms with Gasteiger partial charge in [-0.2, -0.15) is 0 Å². The number of hydrogen-bond donors (Lipinski definition) is 1. The highest BCUT2D eigenvalue weighted by Gasteiger charge is 2.33. The third-order valence-corrected chi connectivity index (χ3v) is 3.95. The highest BCUT2D eigenvalue weighted by Crippen LogP contribution is 2.32. The van der Waals surface area contributed by atoms with E-state index in [0.29, 0.717) is 5.69 Å². The van der Waals surface area contributed by atoms with Crippen molar-refractivity contribution in [2.24, 2.45) is 5.41 Å². The van der Waals surface area contributed by atoms with Crippen LogP contribution in [0.2, 0.25) is 0 Å². The van der Waals surface area contributed by atoms with Crippen molar-refractivity contribution in [3.8, 4) is 0 Å². The molecule has 1 aromatic rings. The number of anilines is 1. The van der Waals surface area contributed by atoms with Crippen LogP contribution in [0.15, 0.2) is 24.3 Å². The molecule has 0 saturated carbocycles. The zero-order valence-electron chi connectivity index (χ0n) is 11.8. The Morgan fingerprint density at radius 1 is 1.32 bits per heavy atom. The topological polar surface area (TPSA) is 24.5 Å². The first kappa shape index (κ1) is 14.3. The number of benzene rings is 1. The van der Waals surface area contributed by atoms with Crippen LogP contribution in [0, 0.1) is 11.2 Å². The molecule has 0 amide bonds. The molecule has 1 fully saturated rings. The molecule has 1 heterocycles. The van der Waals surface area contributed by atoms with Gasteiger partial charge in [0, 0.05) is 26.1 Å². The van der Waals surface area contributed by atoms with E-state index in [1.165, 1.54) is 6.07 Å². The molecule has 0 atom stereocenters. The van der Waals surface area contributed by atoms with Crippen molar-refractivity contribution in [2.45, 2.75) is 12.8 Å². The van der Waals surface area contributed by atoms with Gasteiger partial charge >= 0.3 is 0 Å². The molecule has 1 saturated heterocycles. The second kappa shape index (κ2) is 6.35. The van der Waals surface area contributed by atoms with E-state index in [1.54, 1.807) is 13.2 Å². The van der Waals surface area contributed by atoms with Gasteiger partial charge in [-0.25, -0.2) is 4.39 Å². The molecule has 1 N–H and O–H groups in total. The Morgan fingerprint density at radius 2 is 2.00 bits per heavy atom. The molecule has 1 aliphatic heterocycles. The second-order valence-corrected chi connectivity index (χ2v) is 5.49. The lowest BCUT2D eigenvalue weighted by Gasteiger charge is -2.40. The van der Waals surface area contributed by atoms with Gasteiger partial charge in [-0.05, 0) is 38.1 Å². The Kier molecular flexibility index (Phi) is 4.77. The number of ether oxygens (including phenoxy) is 1. The summed E-state index contributed by atoms with van der Waals surface area (Å²) < 4.78 is 19.2. The zero-order chi connectivity index (χ0) is 13.7. The maximum atomic E-state index is 13.8. The second-order valence-electron chi connectivity index (χ2n) is 5.49. The Balaban J connectivity index is 2.10. The Hall–Kier alpha value is -1.13.